The van der Waals surface area contributed by atoms with Crippen LogP contribution < -0.4 is 10.9 Å². The number of amides is 1. The second-order valence-electron chi connectivity index (χ2n) is 7.56. The Bertz CT molecular complexity index is 870. The minimum absolute atomic E-state index is 0.136. The molecule has 1 amide bonds. The summed E-state index contributed by atoms with van der Waals surface area (Å²) in [4.78, 5) is 31.6. The quantitative estimate of drug-likeness (QED) is 0.622. The number of nitrogens with one attached hydrogen (secondary N) is 2. The van der Waals surface area contributed by atoms with E-state index in [0.717, 1.165) is 0 Å². The van der Waals surface area contributed by atoms with E-state index >= 15 is 0 Å². The van der Waals surface area contributed by atoms with Gasteiger partial charge in [0.1, 0.15) is 25.9 Å². The van der Waals surface area contributed by atoms with Crippen molar-refractivity contribution in [3.63, 3.8) is 0 Å². The third-order valence-corrected chi connectivity index (χ3v) is 3.89. The minimum atomic E-state index is -1.58. The van der Waals surface area contributed by atoms with E-state index < -0.39 is 13.5 Å². The maximum Gasteiger partial charge on any atom is 0.274 e. The van der Waals surface area contributed by atoms with Crippen molar-refractivity contribution in [2.75, 3.05) is 5.32 Å². The molecule has 0 atom stereocenters. The highest BCUT2D eigenvalue weighted by molar-refractivity contribution is 6.83. The molecule has 0 fully saturated rings. The number of fused-ring (bicyclic) bond motifs is 1. The number of carbonyl (C=O) groups is 1. The standard InChI is InChI=1S/C16H22N4O2Si/c1-16(2,3)15(22)19-12-9-11-13(18-12)17-10-20(14(11)21)7-8-23(4,5)6/h9-10,18H,1-6H3,(H,19,22). The molecule has 2 heterocycles. The van der Waals surface area contributed by atoms with E-state index in [-0.39, 0.29) is 11.5 Å². The lowest BCUT2D eigenvalue weighted by molar-refractivity contribution is -0.123. The summed E-state index contributed by atoms with van der Waals surface area (Å²) >= 11 is 0. The number of anilines is 1. The van der Waals surface area contributed by atoms with Crippen LogP contribution in [0, 0.1) is 17.0 Å². The highest BCUT2D eigenvalue weighted by Gasteiger charge is 2.22. The maximum absolute atomic E-state index is 12.4. The second-order valence-corrected chi connectivity index (χ2v) is 12.3. The Morgan fingerprint density at radius 1 is 1.35 bits per heavy atom. The van der Waals surface area contributed by atoms with Crippen LogP contribution in [0.1, 0.15) is 20.8 Å². The number of aromatic nitrogens is 3. The zero-order valence-electron chi connectivity index (χ0n) is 14.4. The lowest BCUT2D eigenvalue weighted by Gasteiger charge is -2.16. The smallest absolute Gasteiger partial charge is 0.274 e. The third kappa shape index (κ3) is 4.11. The maximum atomic E-state index is 12.4. The Hall–Kier alpha value is -2.33. The molecule has 0 radical (unpaired) electrons. The van der Waals surface area contributed by atoms with Gasteiger partial charge in [-0.15, -0.1) is 5.54 Å². The van der Waals surface area contributed by atoms with E-state index in [1.54, 1.807) is 6.07 Å². The summed E-state index contributed by atoms with van der Waals surface area (Å²) < 4.78 is 1.30. The fourth-order valence-corrected chi connectivity index (χ4v) is 2.15. The van der Waals surface area contributed by atoms with Gasteiger partial charge in [-0.25, -0.2) is 9.55 Å². The van der Waals surface area contributed by atoms with Crippen LogP contribution in [0.3, 0.4) is 0 Å². The zero-order valence-corrected chi connectivity index (χ0v) is 15.4. The zero-order chi connectivity index (χ0) is 17.4. The van der Waals surface area contributed by atoms with Gasteiger partial charge in [0, 0.05) is 11.5 Å². The van der Waals surface area contributed by atoms with Crippen molar-refractivity contribution >= 4 is 30.8 Å². The number of rotatable bonds is 1. The van der Waals surface area contributed by atoms with Gasteiger partial charge in [0.05, 0.1) is 5.39 Å². The van der Waals surface area contributed by atoms with Gasteiger partial charge in [-0.3, -0.25) is 9.59 Å². The Balaban J connectivity index is 2.41. The van der Waals surface area contributed by atoms with Crippen LogP contribution in [0.15, 0.2) is 17.2 Å². The van der Waals surface area contributed by atoms with Gasteiger partial charge in [0.25, 0.3) is 5.56 Å². The van der Waals surface area contributed by atoms with Gasteiger partial charge in [-0.2, -0.15) is 0 Å². The van der Waals surface area contributed by atoms with E-state index in [1.165, 1.54) is 10.9 Å². The molecule has 0 aliphatic heterocycles. The minimum Gasteiger partial charge on any atom is -0.326 e. The van der Waals surface area contributed by atoms with Gasteiger partial charge in [-0.1, -0.05) is 40.4 Å². The second kappa shape index (κ2) is 5.70. The highest BCUT2D eigenvalue weighted by atomic mass is 28.3. The lowest BCUT2D eigenvalue weighted by Crippen LogP contribution is -2.27. The van der Waals surface area contributed by atoms with Crippen molar-refractivity contribution in [1.82, 2.24) is 14.5 Å². The molecule has 0 aromatic carbocycles. The van der Waals surface area contributed by atoms with Gasteiger partial charge in [0.2, 0.25) is 5.91 Å². The number of hydrogen-bond acceptors (Lipinski definition) is 3. The molecule has 0 bridgehead atoms. The molecule has 23 heavy (non-hydrogen) atoms. The van der Waals surface area contributed by atoms with Gasteiger partial charge >= 0.3 is 0 Å². The van der Waals surface area contributed by atoms with Crippen molar-refractivity contribution in [3.8, 4) is 11.6 Å². The Morgan fingerprint density at radius 3 is 2.57 bits per heavy atom. The Kier molecular flexibility index (Phi) is 4.22. The summed E-state index contributed by atoms with van der Waals surface area (Å²) in [6, 6.07) is 4.47. The van der Waals surface area contributed by atoms with Crippen molar-refractivity contribution in [2.24, 2.45) is 5.41 Å². The summed E-state index contributed by atoms with van der Waals surface area (Å²) in [5, 5.41) is 3.17. The van der Waals surface area contributed by atoms with E-state index in [2.05, 4.69) is 46.5 Å². The predicted octanol–water partition coefficient (Wildman–Crippen LogP) is 2.40. The molecule has 0 saturated heterocycles. The average molecular weight is 330 g/mol. The summed E-state index contributed by atoms with van der Waals surface area (Å²) in [6.45, 7) is 11.8. The van der Waals surface area contributed by atoms with Crippen molar-refractivity contribution < 1.29 is 4.79 Å². The first-order chi connectivity index (χ1) is 10.5. The van der Waals surface area contributed by atoms with Crippen LogP contribution in [-0.2, 0) is 4.79 Å². The molecule has 2 rings (SSSR count). The average Bonchev–Trinajstić information content (AvgIpc) is 2.79. The fraction of sp³-hybridized carbons (Fsp3) is 0.438. The van der Waals surface area contributed by atoms with Crippen LogP contribution in [0.5, 0.6) is 0 Å². The molecule has 0 unspecified atom stereocenters. The van der Waals surface area contributed by atoms with Crippen LogP contribution in [0.2, 0.25) is 19.6 Å². The Morgan fingerprint density at radius 2 is 2.00 bits per heavy atom. The number of H-pyrrole nitrogens is 1. The summed E-state index contributed by atoms with van der Waals surface area (Å²) in [5.41, 5.74) is 2.81. The first-order valence-electron chi connectivity index (χ1n) is 7.42. The Labute approximate surface area is 136 Å². The number of hydrogen-bond donors (Lipinski definition) is 2. The molecular weight excluding hydrogens is 308 g/mol. The normalized spacial score (nSPS) is 11.9. The summed E-state index contributed by atoms with van der Waals surface area (Å²) in [5.74, 6) is 0.323. The molecule has 6 nitrogen and oxygen atoms in total. The first-order valence-corrected chi connectivity index (χ1v) is 10.9. The molecule has 7 heteroatoms. The predicted molar refractivity (Wildman–Crippen MR) is 95.0 cm³/mol. The van der Waals surface area contributed by atoms with Crippen molar-refractivity contribution in [1.29, 1.82) is 0 Å². The molecule has 0 aliphatic carbocycles. The molecular formula is C16H22N4O2Si. The lowest BCUT2D eigenvalue weighted by atomic mass is 9.96. The highest BCUT2D eigenvalue weighted by Crippen LogP contribution is 2.18. The van der Waals surface area contributed by atoms with Gasteiger partial charge in [-0.05, 0) is 6.07 Å². The largest absolute Gasteiger partial charge is 0.326 e. The van der Waals surface area contributed by atoms with E-state index in [1.807, 2.05) is 20.8 Å². The van der Waals surface area contributed by atoms with E-state index in [0.29, 0.717) is 16.9 Å². The van der Waals surface area contributed by atoms with E-state index in [9.17, 15) is 9.59 Å². The van der Waals surface area contributed by atoms with Crippen LogP contribution in [0.25, 0.3) is 11.0 Å². The molecule has 2 aromatic heterocycles. The molecule has 0 aliphatic rings. The number of carbonyl (C=O) groups excluding carboxylic acids is 1. The van der Waals surface area contributed by atoms with Crippen LogP contribution in [0.4, 0.5) is 5.82 Å². The SMILES string of the molecule is CC(C)(C)C(=O)Nc1cc2c(=O)n(C#C[Si](C)(C)C)cnc2[nH]1. The van der Waals surface area contributed by atoms with Crippen molar-refractivity contribution in [3.05, 3.63) is 22.7 Å². The van der Waals surface area contributed by atoms with Crippen LogP contribution in [-0.4, -0.2) is 28.5 Å². The third-order valence-electron chi connectivity index (χ3n) is 3.03. The molecule has 2 N–H and O–H groups in total. The topological polar surface area (TPSA) is 79.8 Å². The monoisotopic (exact) mass is 330 g/mol. The van der Waals surface area contributed by atoms with Crippen molar-refractivity contribution in [2.45, 2.75) is 40.4 Å². The molecule has 122 valence electrons. The molecule has 0 spiro atoms. The number of aromatic amines is 1. The van der Waals surface area contributed by atoms with E-state index in [4.69, 9.17) is 0 Å². The first kappa shape index (κ1) is 17.0. The molecule has 0 saturated carbocycles. The summed E-state index contributed by atoms with van der Waals surface area (Å²) in [6.07, 6.45) is 1.41. The summed E-state index contributed by atoms with van der Waals surface area (Å²) in [7, 11) is -1.58. The number of nitrogens with zero attached hydrogens (tertiary/aromatic N) is 2. The van der Waals surface area contributed by atoms with Gasteiger partial charge in [0.15, 0.2) is 0 Å². The van der Waals surface area contributed by atoms with Crippen LogP contribution >= 0.6 is 0 Å². The fourth-order valence-electron chi connectivity index (χ4n) is 1.69. The molecule has 2 aromatic rings. The van der Waals surface area contributed by atoms with Gasteiger partial charge < -0.3 is 10.3 Å².